The van der Waals surface area contributed by atoms with Crippen molar-refractivity contribution in [2.45, 2.75) is 18.7 Å². The van der Waals surface area contributed by atoms with Crippen molar-refractivity contribution in [3.05, 3.63) is 0 Å². The van der Waals surface area contributed by atoms with Gasteiger partial charge >= 0.3 is 0 Å². The monoisotopic (exact) mass is 191 g/mol. The van der Waals surface area contributed by atoms with Crippen LogP contribution in [0.1, 0.15) is 13.3 Å². The second-order valence-corrected chi connectivity index (χ2v) is 4.97. The van der Waals surface area contributed by atoms with Gasteiger partial charge in [-0.05, 0) is 0 Å². The molecule has 0 radical (unpaired) electrons. The maximum absolute atomic E-state index is 10.9. The number of sulfone groups is 1. The smallest absolute Gasteiger partial charge is 0.233 e. The highest BCUT2D eigenvalue weighted by Gasteiger charge is 2.45. The first kappa shape index (κ1) is 9.18. The van der Waals surface area contributed by atoms with Gasteiger partial charge in [0.1, 0.15) is 5.37 Å². The lowest BCUT2D eigenvalue weighted by atomic mass is 10.2. The summed E-state index contributed by atoms with van der Waals surface area (Å²) >= 11 is 0. The number of carbonyl (C=O) groups is 2. The van der Waals surface area contributed by atoms with Crippen molar-refractivity contribution >= 4 is 21.7 Å². The molecular formula is C6H9NO4S. The number of carbonyl (C=O) groups excluding carboxylic acids is 2. The second-order valence-electron chi connectivity index (χ2n) is 2.77. The minimum Gasteiger partial charge on any atom is -0.275 e. The van der Waals surface area contributed by atoms with Crippen molar-refractivity contribution in [3.8, 4) is 0 Å². The molecule has 0 aliphatic carbocycles. The third-order valence-corrected chi connectivity index (χ3v) is 3.11. The summed E-state index contributed by atoms with van der Waals surface area (Å²) in [5.41, 5.74) is 0. The van der Waals surface area contributed by atoms with Gasteiger partial charge in [-0.2, -0.15) is 0 Å². The number of likely N-dealkylation sites (tertiary alicyclic amines) is 1. The molecule has 5 nitrogen and oxygen atoms in total. The Morgan fingerprint density at radius 1 is 1.58 bits per heavy atom. The van der Waals surface area contributed by atoms with Crippen LogP contribution in [-0.2, 0) is 19.4 Å². The molecule has 1 aliphatic heterocycles. The maximum Gasteiger partial charge on any atom is 0.233 e. The molecule has 12 heavy (non-hydrogen) atoms. The molecule has 1 rings (SSSR count). The van der Waals surface area contributed by atoms with E-state index in [1.165, 1.54) is 6.92 Å². The van der Waals surface area contributed by atoms with Gasteiger partial charge in [-0.15, -0.1) is 0 Å². The van der Waals surface area contributed by atoms with E-state index >= 15 is 0 Å². The number of imide groups is 1. The summed E-state index contributed by atoms with van der Waals surface area (Å²) in [6, 6.07) is 0. The summed E-state index contributed by atoms with van der Waals surface area (Å²) in [6.45, 7) is 1.18. The topological polar surface area (TPSA) is 71.5 Å². The zero-order valence-corrected chi connectivity index (χ0v) is 7.59. The first-order valence-corrected chi connectivity index (χ1v) is 5.31. The van der Waals surface area contributed by atoms with Gasteiger partial charge in [-0.3, -0.25) is 14.5 Å². The van der Waals surface area contributed by atoms with Gasteiger partial charge in [0.2, 0.25) is 11.8 Å². The number of β-lactam (4-membered cyclic amide) rings is 1. The highest BCUT2D eigenvalue weighted by molar-refractivity contribution is 7.91. The molecule has 1 saturated heterocycles. The quantitative estimate of drug-likeness (QED) is 0.505. The van der Waals surface area contributed by atoms with Crippen molar-refractivity contribution < 1.29 is 18.0 Å². The minimum absolute atomic E-state index is 0.0710. The van der Waals surface area contributed by atoms with Gasteiger partial charge in [-0.1, -0.05) is 0 Å². The van der Waals surface area contributed by atoms with Crippen LogP contribution in [0.15, 0.2) is 0 Å². The highest BCUT2D eigenvalue weighted by atomic mass is 32.2. The van der Waals surface area contributed by atoms with E-state index in [9.17, 15) is 18.0 Å². The number of rotatable bonds is 1. The van der Waals surface area contributed by atoms with Crippen LogP contribution in [0, 0.1) is 0 Å². The van der Waals surface area contributed by atoms with E-state index in [1.807, 2.05) is 0 Å². The molecule has 1 aliphatic rings. The van der Waals surface area contributed by atoms with Gasteiger partial charge < -0.3 is 0 Å². The van der Waals surface area contributed by atoms with Crippen LogP contribution in [0.4, 0.5) is 0 Å². The number of hydrogen-bond acceptors (Lipinski definition) is 4. The first-order valence-electron chi connectivity index (χ1n) is 3.35. The third-order valence-electron chi connectivity index (χ3n) is 1.74. The molecule has 1 heterocycles. The Morgan fingerprint density at radius 2 is 2.08 bits per heavy atom. The van der Waals surface area contributed by atoms with Crippen molar-refractivity contribution in [1.82, 2.24) is 4.90 Å². The SMILES string of the molecule is CC(=O)N1C(=O)CC1S(C)(=O)=O. The molecule has 6 heteroatoms. The summed E-state index contributed by atoms with van der Waals surface area (Å²) in [5, 5.41) is -0.928. The summed E-state index contributed by atoms with van der Waals surface area (Å²) in [5.74, 6) is -0.931. The average Bonchev–Trinajstić information content (AvgIpc) is 1.78. The van der Waals surface area contributed by atoms with Crippen LogP contribution in [0.25, 0.3) is 0 Å². The Kier molecular flexibility index (Phi) is 1.95. The molecule has 0 spiro atoms. The predicted molar refractivity (Wildman–Crippen MR) is 40.8 cm³/mol. The van der Waals surface area contributed by atoms with Crippen LogP contribution < -0.4 is 0 Å². The molecule has 0 saturated carbocycles. The Hall–Kier alpha value is -0.910. The Balaban J connectivity index is 2.88. The van der Waals surface area contributed by atoms with Crippen LogP contribution >= 0.6 is 0 Å². The van der Waals surface area contributed by atoms with E-state index in [1.54, 1.807) is 0 Å². The minimum atomic E-state index is -3.31. The van der Waals surface area contributed by atoms with Crippen LogP contribution in [-0.4, -0.2) is 36.8 Å². The third kappa shape index (κ3) is 1.34. The summed E-state index contributed by atoms with van der Waals surface area (Å²) in [6.07, 6.45) is 0.943. The van der Waals surface area contributed by atoms with Crippen molar-refractivity contribution in [3.63, 3.8) is 0 Å². The van der Waals surface area contributed by atoms with Crippen LogP contribution in [0.2, 0.25) is 0 Å². The van der Waals surface area contributed by atoms with E-state index in [0.29, 0.717) is 0 Å². The Bertz CT molecular complexity index is 323. The van der Waals surface area contributed by atoms with E-state index in [2.05, 4.69) is 0 Å². The first-order chi connectivity index (χ1) is 5.34. The maximum atomic E-state index is 10.9. The highest BCUT2D eigenvalue weighted by Crippen LogP contribution is 2.23. The molecule has 0 aromatic carbocycles. The number of amides is 2. The van der Waals surface area contributed by atoms with E-state index < -0.39 is 27.0 Å². The summed E-state index contributed by atoms with van der Waals surface area (Å²) in [4.78, 5) is 22.3. The normalized spacial score (nSPS) is 23.7. The summed E-state index contributed by atoms with van der Waals surface area (Å²) < 4.78 is 21.9. The molecule has 1 fully saturated rings. The van der Waals surface area contributed by atoms with Gasteiger partial charge in [0.05, 0.1) is 6.42 Å². The fourth-order valence-corrected chi connectivity index (χ4v) is 2.20. The molecule has 0 aromatic heterocycles. The molecule has 0 aromatic rings. The second kappa shape index (κ2) is 2.55. The van der Waals surface area contributed by atoms with Crippen molar-refractivity contribution in [1.29, 1.82) is 0 Å². The Labute approximate surface area is 70.3 Å². The Morgan fingerprint density at radius 3 is 2.25 bits per heavy atom. The summed E-state index contributed by atoms with van der Waals surface area (Å²) in [7, 11) is -3.31. The lowest BCUT2D eigenvalue weighted by molar-refractivity contribution is -0.153. The van der Waals surface area contributed by atoms with E-state index in [0.717, 1.165) is 11.2 Å². The zero-order chi connectivity index (χ0) is 9.52. The van der Waals surface area contributed by atoms with Gasteiger partial charge in [0.25, 0.3) is 0 Å². The molecule has 68 valence electrons. The van der Waals surface area contributed by atoms with E-state index in [4.69, 9.17) is 0 Å². The standard InChI is InChI=1S/C6H9NO4S/c1-4(8)7-5(9)3-6(7)12(2,10)11/h6H,3H2,1-2H3. The number of nitrogens with zero attached hydrogens (tertiary/aromatic N) is 1. The van der Waals surface area contributed by atoms with Gasteiger partial charge in [0.15, 0.2) is 9.84 Å². The molecule has 0 bridgehead atoms. The average molecular weight is 191 g/mol. The molecular weight excluding hydrogens is 182 g/mol. The lowest BCUT2D eigenvalue weighted by Gasteiger charge is -2.36. The lowest BCUT2D eigenvalue weighted by Crippen LogP contribution is -2.58. The molecule has 0 N–H and O–H groups in total. The number of hydrogen-bond donors (Lipinski definition) is 0. The van der Waals surface area contributed by atoms with Gasteiger partial charge in [0, 0.05) is 13.2 Å². The van der Waals surface area contributed by atoms with E-state index in [-0.39, 0.29) is 6.42 Å². The molecule has 1 unspecified atom stereocenters. The zero-order valence-electron chi connectivity index (χ0n) is 6.77. The van der Waals surface area contributed by atoms with Gasteiger partial charge in [-0.25, -0.2) is 8.42 Å². The fraction of sp³-hybridized carbons (Fsp3) is 0.667. The van der Waals surface area contributed by atoms with Crippen LogP contribution in [0.5, 0.6) is 0 Å². The fourth-order valence-electron chi connectivity index (χ4n) is 1.11. The molecule has 1 atom stereocenters. The molecule has 2 amide bonds. The largest absolute Gasteiger partial charge is 0.275 e. The van der Waals surface area contributed by atoms with Crippen LogP contribution in [0.3, 0.4) is 0 Å². The van der Waals surface area contributed by atoms with Crippen molar-refractivity contribution in [2.24, 2.45) is 0 Å². The predicted octanol–water partition coefficient (Wildman–Crippen LogP) is -0.864. The van der Waals surface area contributed by atoms with Crippen molar-refractivity contribution in [2.75, 3.05) is 6.26 Å².